The van der Waals surface area contributed by atoms with Gasteiger partial charge in [-0.2, -0.15) is 0 Å². The minimum Gasteiger partial charge on any atom is -0.323 e. The van der Waals surface area contributed by atoms with E-state index in [4.69, 9.17) is 0 Å². The van der Waals surface area contributed by atoms with Gasteiger partial charge in [-0.3, -0.25) is 4.79 Å². The van der Waals surface area contributed by atoms with E-state index >= 15 is 0 Å². The topological polar surface area (TPSA) is 29.1 Å². The highest BCUT2D eigenvalue weighted by Gasteiger charge is 1.95. The predicted molar refractivity (Wildman–Crippen MR) is 50.0 cm³/mol. The second-order valence-electron chi connectivity index (χ2n) is 2.56. The minimum absolute atomic E-state index is 0.180. The van der Waals surface area contributed by atoms with Crippen LogP contribution in [0.15, 0.2) is 36.9 Å². The Morgan fingerprint density at radius 2 is 2.33 bits per heavy atom. The van der Waals surface area contributed by atoms with Crippen molar-refractivity contribution in [1.82, 2.24) is 0 Å². The first-order chi connectivity index (χ1) is 5.72. The van der Waals surface area contributed by atoms with Crippen molar-refractivity contribution in [2.75, 3.05) is 5.32 Å². The molecule has 2 heteroatoms. The monoisotopic (exact) mass is 161 g/mol. The number of benzene rings is 1. The van der Waals surface area contributed by atoms with Gasteiger partial charge < -0.3 is 5.32 Å². The zero-order valence-corrected chi connectivity index (χ0v) is 7.00. The molecule has 0 spiro atoms. The molecule has 0 aliphatic heterocycles. The lowest BCUT2D eigenvalue weighted by atomic mass is 10.2. The van der Waals surface area contributed by atoms with Gasteiger partial charge in [0.25, 0.3) is 0 Å². The number of hydrogen-bond acceptors (Lipinski definition) is 1. The van der Waals surface area contributed by atoms with E-state index in [1.807, 2.05) is 31.2 Å². The van der Waals surface area contributed by atoms with Crippen molar-refractivity contribution >= 4 is 11.6 Å². The molecule has 1 aromatic carbocycles. The van der Waals surface area contributed by atoms with Crippen LogP contribution in [0.25, 0.3) is 0 Å². The molecule has 0 atom stereocenters. The summed E-state index contributed by atoms with van der Waals surface area (Å²) in [4.78, 5) is 10.9. The lowest BCUT2D eigenvalue weighted by Crippen LogP contribution is -2.06. The maximum atomic E-state index is 10.9. The molecule has 0 aliphatic rings. The molecular formula is C10H11NO. The van der Waals surface area contributed by atoms with Gasteiger partial charge in [-0.05, 0) is 30.7 Å². The Balaban J connectivity index is 2.76. The Morgan fingerprint density at radius 3 is 2.92 bits per heavy atom. The van der Waals surface area contributed by atoms with Crippen LogP contribution in [0.4, 0.5) is 5.69 Å². The Labute approximate surface area is 71.9 Å². The highest BCUT2D eigenvalue weighted by molar-refractivity contribution is 5.98. The van der Waals surface area contributed by atoms with Crippen molar-refractivity contribution in [1.29, 1.82) is 0 Å². The standard InChI is InChI=1S/C10H11NO/c1-3-10(12)11-9-6-4-5-8(2)7-9/h3-7H,1H2,2H3,(H,11,12). The molecule has 1 aromatic rings. The number of carbonyl (C=O) groups is 1. The highest BCUT2D eigenvalue weighted by atomic mass is 16.1. The summed E-state index contributed by atoms with van der Waals surface area (Å²) in [5.41, 5.74) is 1.93. The van der Waals surface area contributed by atoms with E-state index in [1.165, 1.54) is 6.08 Å². The fourth-order valence-corrected chi connectivity index (χ4v) is 0.916. The smallest absolute Gasteiger partial charge is 0.247 e. The van der Waals surface area contributed by atoms with E-state index in [1.54, 1.807) is 0 Å². The fourth-order valence-electron chi connectivity index (χ4n) is 0.916. The molecular weight excluding hydrogens is 150 g/mol. The Morgan fingerprint density at radius 1 is 1.58 bits per heavy atom. The maximum absolute atomic E-state index is 10.9. The summed E-state index contributed by atoms with van der Waals surface area (Å²) in [7, 11) is 0. The summed E-state index contributed by atoms with van der Waals surface area (Å²) < 4.78 is 0. The van der Waals surface area contributed by atoms with Crippen molar-refractivity contribution in [2.45, 2.75) is 6.92 Å². The third kappa shape index (κ3) is 2.23. The van der Waals surface area contributed by atoms with Gasteiger partial charge in [0.1, 0.15) is 0 Å². The molecule has 0 fully saturated rings. The van der Waals surface area contributed by atoms with Crippen LogP contribution in [0.3, 0.4) is 0 Å². The van der Waals surface area contributed by atoms with E-state index < -0.39 is 0 Å². The number of carbonyl (C=O) groups excluding carboxylic acids is 1. The number of rotatable bonds is 2. The second-order valence-corrected chi connectivity index (χ2v) is 2.56. The molecule has 1 rings (SSSR count). The third-order valence-corrected chi connectivity index (χ3v) is 1.47. The molecule has 1 N–H and O–H groups in total. The number of aryl methyl sites for hydroxylation is 1. The van der Waals surface area contributed by atoms with Crippen LogP contribution in [0, 0.1) is 6.92 Å². The van der Waals surface area contributed by atoms with Crippen LogP contribution in [0.1, 0.15) is 5.56 Å². The quantitative estimate of drug-likeness (QED) is 0.661. The SMILES string of the molecule is C=CC(=O)Nc1cccc(C)c1. The third-order valence-electron chi connectivity index (χ3n) is 1.47. The van der Waals surface area contributed by atoms with Gasteiger partial charge in [0, 0.05) is 5.69 Å². The minimum atomic E-state index is -0.180. The molecule has 1 amide bonds. The summed E-state index contributed by atoms with van der Waals surface area (Å²) in [6.45, 7) is 5.34. The average molecular weight is 161 g/mol. The van der Waals surface area contributed by atoms with Crippen LogP contribution in [-0.4, -0.2) is 5.91 Å². The van der Waals surface area contributed by atoms with Crippen LogP contribution in [0.2, 0.25) is 0 Å². The Kier molecular flexibility index (Phi) is 2.64. The molecule has 0 saturated carbocycles. The Bertz CT molecular complexity index is 304. The predicted octanol–water partition coefficient (Wildman–Crippen LogP) is 2.12. The molecule has 0 unspecified atom stereocenters. The second kappa shape index (κ2) is 3.72. The van der Waals surface area contributed by atoms with Crippen molar-refractivity contribution in [3.8, 4) is 0 Å². The van der Waals surface area contributed by atoms with Gasteiger partial charge in [0.2, 0.25) is 5.91 Å². The first-order valence-corrected chi connectivity index (χ1v) is 3.72. The molecule has 12 heavy (non-hydrogen) atoms. The van der Waals surface area contributed by atoms with E-state index in [-0.39, 0.29) is 5.91 Å². The summed E-state index contributed by atoms with van der Waals surface area (Å²) in [5, 5.41) is 2.68. The van der Waals surface area contributed by atoms with E-state index in [2.05, 4.69) is 11.9 Å². The first kappa shape index (κ1) is 8.53. The number of nitrogens with one attached hydrogen (secondary N) is 1. The number of amides is 1. The molecule has 62 valence electrons. The summed E-state index contributed by atoms with van der Waals surface area (Å²) in [6.07, 6.45) is 1.25. The van der Waals surface area contributed by atoms with Crippen LogP contribution in [-0.2, 0) is 4.79 Å². The van der Waals surface area contributed by atoms with Gasteiger partial charge >= 0.3 is 0 Å². The molecule has 2 nitrogen and oxygen atoms in total. The van der Waals surface area contributed by atoms with Gasteiger partial charge in [-0.15, -0.1) is 0 Å². The lowest BCUT2D eigenvalue weighted by Gasteiger charge is -2.01. The molecule has 0 aliphatic carbocycles. The van der Waals surface area contributed by atoms with E-state index in [0.29, 0.717) is 0 Å². The van der Waals surface area contributed by atoms with Crippen LogP contribution in [0.5, 0.6) is 0 Å². The summed E-state index contributed by atoms with van der Waals surface area (Å²) in [5.74, 6) is -0.180. The van der Waals surface area contributed by atoms with Crippen LogP contribution >= 0.6 is 0 Å². The Hall–Kier alpha value is -1.57. The molecule has 0 saturated heterocycles. The van der Waals surface area contributed by atoms with Crippen molar-refractivity contribution in [2.24, 2.45) is 0 Å². The summed E-state index contributed by atoms with van der Waals surface area (Å²) >= 11 is 0. The average Bonchev–Trinajstić information content (AvgIpc) is 2.04. The molecule has 0 heterocycles. The van der Waals surface area contributed by atoms with E-state index in [9.17, 15) is 4.79 Å². The molecule has 0 bridgehead atoms. The fraction of sp³-hybridized carbons (Fsp3) is 0.100. The molecule has 0 radical (unpaired) electrons. The van der Waals surface area contributed by atoms with Crippen molar-refractivity contribution in [3.63, 3.8) is 0 Å². The highest BCUT2D eigenvalue weighted by Crippen LogP contribution is 2.08. The number of hydrogen-bond donors (Lipinski definition) is 1. The summed E-state index contributed by atoms with van der Waals surface area (Å²) in [6, 6.07) is 7.62. The zero-order valence-electron chi connectivity index (χ0n) is 7.00. The largest absolute Gasteiger partial charge is 0.323 e. The lowest BCUT2D eigenvalue weighted by molar-refractivity contribution is -0.111. The van der Waals surface area contributed by atoms with Gasteiger partial charge in [0.15, 0.2) is 0 Å². The van der Waals surface area contributed by atoms with Crippen LogP contribution < -0.4 is 5.32 Å². The zero-order chi connectivity index (χ0) is 8.97. The van der Waals surface area contributed by atoms with Gasteiger partial charge in [0.05, 0.1) is 0 Å². The van der Waals surface area contributed by atoms with E-state index in [0.717, 1.165) is 11.3 Å². The maximum Gasteiger partial charge on any atom is 0.247 e. The number of anilines is 1. The normalized spacial score (nSPS) is 9.08. The first-order valence-electron chi connectivity index (χ1n) is 3.72. The van der Waals surface area contributed by atoms with Crippen molar-refractivity contribution < 1.29 is 4.79 Å². The molecule has 0 aromatic heterocycles. The van der Waals surface area contributed by atoms with Crippen molar-refractivity contribution in [3.05, 3.63) is 42.5 Å². The van der Waals surface area contributed by atoms with Gasteiger partial charge in [-0.25, -0.2) is 0 Å². The van der Waals surface area contributed by atoms with Gasteiger partial charge in [-0.1, -0.05) is 18.7 Å².